The summed E-state index contributed by atoms with van der Waals surface area (Å²) in [5.74, 6) is 0.520. The molecule has 162 valence electrons. The fourth-order valence-corrected chi connectivity index (χ4v) is 4.87. The van der Waals surface area contributed by atoms with Crippen LogP contribution in [-0.4, -0.2) is 26.6 Å². The minimum Gasteiger partial charge on any atom is -0.351 e. The summed E-state index contributed by atoms with van der Waals surface area (Å²) in [5, 5.41) is 2.91. The maximum atomic E-state index is 12.7. The van der Waals surface area contributed by atoms with E-state index in [9.17, 15) is 13.2 Å². The van der Waals surface area contributed by atoms with E-state index in [1.807, 2.05) is 13.8 Å². The Balaban J connectivity index is 1.63. The number of sulfonamides is 1. The molecule has 31 heavy (non-hydrogen) atoms. The molecule has 3 aromatic carbocycles. The molecular formula is C24H26N2O3S2. The van der Waals surface area contributed by atoms with Crippen LogP contribution in [0.25, 0.3) is 0 Å². The zero-order valence-corrected chi connectivity index (χ0v) is 19.4. The van der Waals surface area contributed by atoms with Crippen LogP contribution in [-0.2, 0) is 10.0 Å². The van der Waals surface area contributed by atoms with E-state index in [0.29, 0.717) is 23.4 Å². The summed E-state index contributed by atoms with van der Waals surface area (Å²) in [6.07, 6.45) is 0. The van der Waals surface area contributed by atoms with Gasteiger partial charge in [0.05, 0.1) is 10.6 Å². The maximum absolute atomic E-state index is 12.7. The molecule has 0 aliphatic carbocycles. The Bertz CT molecular complexity index is 1160. The first kappa shape index (κ1) is 22.9. The molecule has 0 saturated carbocycles. The molecule has 2 N–H and O–H groups in total. The summed E-state index contributed by atoms with van der Waals surface area (Å²) in [6, 6.07) is 19.9. The largest absolute Gasteiger partial charge is 0.351 e. The van der Waals surface area contributed by atoms with Crippen LogP contribution in [0, 0.1) is 20.8 Å². The second-order valence-corrected chi connectivity index (χ2v) is 10.2. The molecule has 0 aliphatic rings. The number of thioether (sulfide) groups is 1. The molecular weight excluding hydrogens is 428 g/mol. The molecule has 0 atom stereocenters. The highest BCUT2D eigenvalue weighted by Gasteiger charge is 2.18. The van der Waals surface area contributed by atoms with Crippen LogP contribution < -0.4 is 10.0 Å². The van der Waals surface area contributed by atoms with Crippen LogP contribution in [0.5, 0.6) is 0 Å². The van der Waals surface area contributed by atoms with Gasteiger partial charge < -0.3 is 5.32 Å². The maximum Gasteiger partial charge on any atom is 0.261 e. The fourth-order valence-electron chi connectivity index (χ4n) is 2.98. The summed E-state index contributed by atoms with van der Waals surface area (Å²) in [6.45, 7) is 6.19. The number of amides is 1. The summed E-state index contributed by atoms with van der Waals surface area (Å²) in [5.41, 5.74) is 3.62. The molecule has 0 fully saturated rings. The standard InChI is InChI=1S/C24H26N2O3S2/c1-17-7-11-20(12-8-17)30-16-15-25-24(27)22-5-4-6-23(19(22)3)26-31(28,29)21-13-9-18(2)10-14-21/h4-14,26H,15-16H2,1-3H3,(H,25,27). The molecule has 3 aromatic rings. The Labute approximate surface area is 188 Å². The van der Waals surface area contributed by atoms with Gasteiger partial charge >= 0.3 is 0 Å². The topological polar surface area (TPSA) is 75.3 Å². The Morgan fingerprint density at radius 2 is 1.48 bits per heavy atom. The third kappa shape index (κ3) is 6.12. The molecule has 0 heterocycles. The van der Waals surface area contributed by atoms with Crippen LogP contribution in [0.15, 0.2) is 76.5 Å². The van der Waals surface area contributed by atoms with Gasteiger partial charge in [0.1, 0.15) is 0 Å². The third-order valence-corrected chi connectivity index (χ3v) is 7.23. The normalized spacial score (nSPS) is 11.2. The predicted octanol–water partition coefficient (Wildman–Crippen LogP) is 4.93. The summed E-state index contributed by atoms with van der Waals surface area (Å²) in [7, 11) is -3.73. The zero-order valence-electron chi connectivity index (χ0n) is 17.8. The van der Waals surface area contributed by atoms with Gasteiger partial charge in [-0.15, -0.1) is 11.8 Å². The molecule has 0 bridgehead atoms. The Morgan fingerprint density at radius 1 is 0.871 bits per heavy atom. The minimum atomic E-state index is -3.73. The fraction of sp³-hybridized carbons (Fsp3) is 0.208. The van der Waals surface area contributed by atoms with Crippen molar-refractivity contribution in [1.29, 1.82) is 0 Å². The van der Waals surface area contributed by atoms with E-state index in [0.717, 1.165) is 16.2 Å². The molecule has 0 spiro atoms. The lowest BCUT2D eigenvalue weighted by Gasteiger charge is -2.14. The van der Waals surface area contributed by atoms with Gasteiger partial charge in [-0.25, -0.2) is 8.42 Å². The third-order valence-electron chi connectivity index (χ3n) is 4.83. The number of benzene rings is 3. The second kappa shape index (κ2) is 10.0. The van der Waals surface area contributed by atoms with Crippen molar-refractivity contribution >= 4 is 33.4 Å². The van der Waals surface area contributed by atoms with Gasteiger partial charge in [-0.2, -0.15) is 0 Å². The van der Waals surface area contributed by atoms with Crippen LogP contribution >= 0.6 is 11.8 Å². The van der Waals surface area contributed by atoms with E-state index in [1.165, 1.54) is 5.56 Å². The average Bonchev–Trinajstić information content (AvgIpc) is 2.74. The van der Waals surface area contributed by atoms with Crippen molar-refractivity contribution in [1.82, 2.24) is 5.32 Å². The number of carbonyl (C=O) groups is 1. The lowest BCUT2D eigenvalue weighted by molar-refractivity contribution is 0.0955. The van der Waals surface area contributed by atoms with Gasteiger partial charge in [-0.05, 0) is 62.7 Å². The summed E-state index contributed by atoms with van der Waals surface area (Å²) in [4.78, 5) is 14.0. The lowest BCUT2D eigenvalue weighted by Crippen LogP contribution is -2.26. The highest BCUT2D eigenvalue weighted by molar-refractivity contribution is 7.99. The van der Waals surface area contributed by atoms with Gasteiger partial charge in [-0.3, -0.25) is 9.52 Å². The van der Waals surface area contributed by atoms with Crippen molar-refractivity contribution in [2.75, 3.05) is 17.0 Å². The zero-order chi connectivity index (χ0) is 22.4. The predicted molar refractivity (Wildman–Crippen MR) is 127 cm³/mol. The van der Waals surface area contributed by atoms with E-state index in [2.05, 4.69) is 34.3 Å². The van der Waals surface area contributed by atoms with Crippen molar-refractivity contribution in [2.24, 2.45) is 0 Å². The first-order chi connectivity index (χ1) is 14.8. The molecule has 7 heteroatoms. The number of carbonyl (C=O) groups excluding carboxylic acids is 1. The van der Waals surface area contributed by atoms with E-state index >= 15 is 0 Å². The molecule has 0 saturated heterocycles. The molecule has 0 radical (unpaired) electrons. The molecule has 0 aromatic heterocycles. The number of hydrogen-bond donors (Lipinski definition) is 2. The van der Waals surface area contributed by atoms with Crippen molar-refractivity contribution in [2.45, 2.75) is 30.6 Å². The van der Waals surface area contributed by atoms with Gasteiger partial charge in [0.15, 0.2) is 0 Å². The van der Waals surface area contributed by atoms with E-state index in [4.69, 9.17) is 0 Å². The minimum absolute atomic E-state index is 0.181. The van der Waals surface area contributed by atoms with Crippen molar-refractivity contribution in [3.63, 3.8) is 0 Å². The second-order valence-electron chi connectivity index (χ2n) is 7.31. The molecule has 5 nitrogen and oxygen atoms in total. The molecule has 3 rings (SSSR count). The van der Waals surface area contributed by atoms with E-state index < -0.39 is 10.0 Å². The monoisotopic (exact) mass is 454 g/mol. The van der Waals surface area contributed by atoms with Crippen molar-refractivity contribution in [3.05, 3.63) is 89.0 Å². The van der Waals surface area contributed by atoms with Gasteiger partial charge in [0.25, 0.3) is 15.9 Å². The van der Waals surface area contributed by atoms with Crippen LogP contribution in [0.3, 0.4) is 0 Å². The summed E-state index contributed by atoms with van der Waals surface area (Å²) < 4.78 is 28.0. The van der Waals surface area contributed by atoms with Crippen LogP contribution in [0.2, 0.25) is 0 Å². The first-order valence-electron chi connectivity index (χ1n) is 9.93. The number of nitrogens with one attached hydrogen (secondary N) is 2. The first-order valence-corrected chi connectivity index (χ1v) is 12.4. The summed E-state index contributed by atoms with van der Waals surface area (Å²) >= 11 is 1.67. The highest BCUT2D eigenvalue weighted by Crippen LogP contribution is 2.23. The van der Waals surface area contributed by atoms with Gasteiger partial charge in [-0.1, -0.05) is 41.5 Å². The lowest BCUT2D eigenvalue weighted by atomic mass is 10.1. The number of hydrogen-bond acceptors (Lipinski definition) is 4. The number of aryl methyl sites for hydroxylation is 2. The molecule has 1 amide bonds. The molecule has 0 unspecified atom stereocenters. The van der Waals surface area contributed by atoms with Crippen molar-refractivity contribution < 1.29 is 13.2 Å². The van der Waals surface area contributed by atoms with Crippen molar-refractivity contribution in [3.8, 4) is 0 Å². The Morgan fingerprint density at radius 3 is 2.13 bits per heavy atom. The van der Waals surface area contributed by atoms with E-state index in [-0.39, 0.29) is 10.8 Å². The van der Waals surface area contributed by atoms with Gasteiger partial charge in [0, 0.05) is 22.8 Å². The Kier molecular flexibility index (Phi) is 7.41. The van der Waals surface area contributed by atoms with E-state index in [1.54, 1.807) is 61.2 Å². The highest BCUT2D eigenvalue weighted by atomic mass is 32.2. The van der Waals surface area contributed by atoms with Crippen LogP contribution in [0.4, 0.5) is 5.69 Å². The number of anilines is 1. The SMILES string of the molecule is Cc1ccc(SCCNC(=O)c2cccc(NS(=O)(=O)c3ccc(C)cc3)c2C)cc1. The smallest absolute Gasteiger partial charge is 0.261 e. The number of rotatable bonds is 8. The van der Waals surface area contributed by atoms with Crippen LogP contribution in [0.1, 0.15) is 27.0 Å². The van der Waals surface area contributed by atoms with Gasteiger partial charge in [0.2, 0.25) is 0 Å². The quantitative estimate of drug-likeness (QED) is 0.374. The average molecular weight is 455 g/mol. The molecule has 0 aliphatic heterocycles. The Hall–Kier alpha value is -2.77.